The molecule has 0 amide bonds. The van der Waals surface area contributed by atoms with Gasteiger partial charge in [0.2, 0.25) is 34.7 Å². The van der Waals surface area contributed by atoms with E-state index in [0.29, 0.717) is 16.7 Å². The van der Waals surface area contributed by atoms with Gasteiger partial charge in [-0.15, -0.1) is 0 Å². The molecule has 0 aliphatic carbocycles. The molecule has 1 N–H and O–H groups in total. The largest absolute Gasteiger partial charge is 0.449 e. The molecule has 0 spiro atoms. The average molecular weight is 825 g/mol. The van der Waals surface area contributed by atoms with Crippen LogP contribution in [0.4, 0.5) is 0 Å². The van der Waals surface area contributed by atoms with Gasteiger partial charge in [0, 0.05) is 104 Å². The highest BCUT2D eigenvalue weighted by atomic mass is 16.8. The van der Waals surface area contributed by atoms with Gasteiger partial charge in [-0.1, -0.05) is 0 Å². The van der Waals surface area contributed by atoms with Crippen LogP contribution in [0, 0.1) is 0 Å². The van der Waals surface area contributed by atoms with Crippen LogP contribution >= 0.6 is 0 Å². The van der Waals surface area contributed by atoms with Crippen LogP contribution in [0.3, 0.4) is 0 Å². The predicted octanol–water partition coefficient (Wildman–Crippen LogP) is 7.45. The third-order valence-electron chi connectivity index (χ3n) is 10.4. The van der Waals surface area contributed by atoms with Gasteiger partial charge in [0.1, 0.15) is 0 Å². The molecule has 0 saturated heterocycles. The summed E-state index contributed by atoms with van der Waals surface area (Å²) in [5, 5.41) is 15.0. The molecule has 6 heterocycles. The second kappa shape index (κ2) is 12.1. The highest BCUT2D eigenvalue weighted by molar-refractivity contribution is 5.83. The first-order valence-electron chi connectivity index (χ1n) is 19.5. The summed E-state index contributed by atoms with van der Waals surface area (Å²) in [6.45, 7) is 21.2. The lowest BCUT2D eigenvalue weighted by molar-refractivity contribution is -0.0553. The van der Waals surface area contributed by atoms with E-state index in [1.165, 1.54) is 0 Å². The fourth-order valence-electron chi connectivity index (χ4n) is 8.62. The molecule has 320 valence electrons. The molecule has 6 aliphatic rings. The lowest BCUT2D eigenvalue weighted by atomic mass is 9.75. The molecular weight excluding hydrogens is 772 g/mol. The summed E-state index contributed by atoms with van der Waals surface area (Å²) in [5.41, 5.74) is -0.953. The van der Waals surface area contributed by atoms with Gasteiger partial charge in [0.25, 0.3) is 0 Å². The molecule has 16 nitrogen and oxygen atoms in total. The van der Waals surface area contributed by atoms with E-state index in [9.17, 15) is 5.11 Å². The molecule has 0 radical (unpaired) electrons. The summed E-state index contributed by atoms with van der Waals surface area (Å²) in [6.07, 6.45) is 0. The Morgan fingerprint density at radius 2 is 0.475 bits per heavy atom. The minimum absolute atomic E-state index is 0.0366. The van der Waals surface area contributed by atoms with Gasteiger partial charge in [-0.25, -0.2) is 0 Å². The van der Waals surface area contributed by atoms with Crippen LogP contribution in [0.1, 0.15) is 116 Å². The van der Waals surface area contributed by atoms with Crippen molar-refractivity contribution in [3.63, 3.8) is 0 Å². The zero-order valence-corrected chi connectivity index (χ0v) is 36.2. The molecule has 3 aromatic carbocycles. The van der Waals surface area contributed by atoms with Crippen molar-refractivity contribution in [3.05, 3.63) is 33.4 Å². The Bertz CT molecular complexity index is 1930. The van der Waals surface area contributed by atoms with Gasteiger partial charge in [0.05, 0.1) is 53.2 Å². The summed E-state index contributed by atoms with van der Waals surface area (Å²) in [7, 11) is 4.68. The SMILES string of the molecule is COCc1c2c(c(C(O)(c3c4c(c(COC)c5c3OC(C)(C)O5)OC(C)(C)O4)c3c4c(c(COC)c5c3OC(C)(C)O5)OC(C)(C)O4)c3c1OC(C)(C)O3)OC(C)(C)O2. The Kier molecular flexibility index (Phi) is 8.12. The molecule has 59 heavy (non-hydrogen) atoms. The van der Waals surface area contributed by atoms with Crippen LogP contribution < -0.4 is 56.8 Å². The fourth-order valence-corrected chi connectivity index (χ4v) is 8.62. The van der Waals surface area contributed by atoms with E-state index >= 15 is 0 Å². The number of rotatable bonds is 9. The van der Waals surface area contributed by atoms with Crippen molar-refractivity contribution in [1.29, 1.82) is 0 Å². The first kappa shape index (κ1) is 39.6. The van der Waals surface area contributed by atoms with Crippen molar-refractivity contribution in [1.82, 2.24) is 0 Å². The Hall–Kier alpha value is -4.90. The van der Waals surface area contributed by atoms with Crippen LogP contribution in [-0.2, 0) is 39.6 Å². The first-order chi connectivity index (χ1) is 27.4. The summed E-state index contributed by atoms with van der Waals surface area (Å²) in [6, 6.07) is 0. The molecule has 0 fully saturated rings. The van der Waals surface area contributed by atoms with E-state index in [-0.39, 0.29) is 106 Å². The smallest absolute Gasteiger partial charge is 0.246 e. The number of ether oxygens (including phenoxy) is 15. The van der Waals surface area contributed by atoms with Gasteiger partial charge in [0.15, 0.2) is 74.6 Å². The minimum Gasteiger partial charge on any atom is -0.449 e. The third-order valence-corrected chi connectivity index (χ3v) is 10.4. The van der Waals surface area contributed by atoms with E-state index < -0.39 is 40.3 Å². The number of methoxy groups -OCH3 is 3. The molecule has 0 aromatic heterocycles. The van der Waals surface area contributed by atoms with Crippen LogP contribution in [0.25, 0.3) is 0 Å². The van der Waals surface area contributed by atoms with Crippen molar-refractivity contribution >= 4 is 0 Å². The number of aliphatic hydroxyl groups is 1. The van der Waals surface area contributed by atoms with Crippen molar-refractivity contribution in [2.75, 3.05) is 21.3 Å². The Labute approximate surface area is 342 Å². The molecule has 0 atom stereocenters. The van der Waals surface area contributed by atoms with Crippen LogP contribution in [0.5, 0.6) is 69.0 Å². The quantitative estimate of drug-likeness (QED) is 0.212. The van der Waals surface area contributed by atoms with Crippen LogP contribution in [-0.4, -0.2) is 61.2 Å². The number of benzene rings is 3. The fraction of sp³-hybridized carbons (Fsp3) is 0.581. The highest BCUT2D eigenvalue weighted by Gasteiger charge is 2.62. The van der Waals surface area contributed by atoms with Crippen molar-refractivity contribution in [2.45, 2.75) is 143 Å². The standard InChI is InChI=1S/C43H52O16/c1-37(2)48-25-19(16-45-13)26-32(55-38(3,4)49-26)22(31(25)54-37)43(44,23-33-27(50-39(5,6)56-33)20(17-46-14)28-34(23)57-40(7,8)51-28)24-35-29(52-41(9,10)58-35)21(18-47-15)30-36(24)59-42(11,12)53-30/h44H,16-18H2,1-15H3. The van der Waals surface area contributed by atoms with Crippen LogP contribution in [0.15, 0.2) is 0 Å². The van der Waals surface area contributed by atoms with Gasteiger partial charge >= 0.3 is 0 Å². The zero-order valence-electron chi connectivity index (χ0n) is 36.2. The lowest BCUT2D eigenvalue weighted by Crippen LogP contribution is -2.36. The molecule has 6 aliphatic heterocycles. The monoisotopic (exact) mass is 824 g/mol. The van der Waals surface area contributed by atoms with E-state index in [2.05, 4.69) is 0 Å². The highest BCUT2D eigenvalue weighted by Crippen LogP contribution is 2.71. The molecule has 0 saturated carbocycles. The van der Waals surface area contributed by atoms with E-state index in [1.54, 1.807) is 104 Å². The Morgan fingerprint density at radius 1 is 0.322 bits per heavy atom. The predicted molar refractivity (Wildman–Crippen MR) is 206 cm³/mol. The Morgan fingerprint density at radius 3 is 0.627 bits per heavy atom. The Balaban J connectivity index is 1.53. The molecule has 9 rings (SSSR count). The minimum atomic E-state index is -2.56. The lowest BCUT2D eigenvalue weighted by Gasteiger charge is -2.35. The number of fused-ring (bicyclic) bond motifs is 6. The summed E-state index contributed by atoms with van der Waals surface area (Å²) < 4.78 is 97.2. The third kappa shape index (κ3) is 5.84. The molecule has 0 unspecified atom stereocenters. The molecular formula is C43H52O16. The van der Waals surface area contributed by atoms with Crippen molar-refractivity contribution in [3.8, 4) is 69.0 Å². The number of hydrogen-bond donors (Lipinski definition) is 1. The average Bonchev–Trinajstić information content (AvgIpc) is 3.91. The van der Waals surface area contributed by atoms with Gasteiger partial charge in [-0.3, -0.25) is 0 Å². The normalized spacial score (nSPS) is 21.4. The summed E-state index contributed by atoms with van der Waals surface area (Å²) >= 11 is 0. The molecule has 3 aromatic rings. The van der Waals surface area contributed by atoms with Crippen molar-refractivity contribution in [2.24, 2.45) is 0 Å². The maximum Gasteiger partial charge on any atom is 0.246 e. The van der Waals surface area contributed by atoms with Gasteiger partial charge in [-0.2, -0.15) is 0 Å². The zero-order chi connectivity index (χ0) is 42.6. The second-order valence-electron chi connectivity index (χ2n) is 18.1. The summed E-state index contributed by atoms with van der Waals surface area (Å²) in [4.78, 5) is 0. The van der Waals surface area contributed by atoms with E-state index in [1.807, 2.05) is 0 Å². The molecule has 0 bridgehead atoms. The molecule has 16 heteroatoms. The first-order valence-corrected chi connectivity index (χ1v) is 19.5. The summed E-state index contributed by atoms with van der Waals surface area (Å²) in [5.74, 6) is -5.31. The number of hydrogen-bond acceptors (Lipinski definition) is 16. The topological polar surface area (TPSA) is 159 Å². The maximum atomic E-state index is 15.0. The van der Waals surface area contributed by atoms with Crippen LogP contribution in [0.2, 0.25) is 0 Å². The van der Waals surface area contributed by atoms with E-state index in [4.69, 9.17) is 71.1 Å². The second-order valence-corrected chi connectivity index (χ2v) is 18.1. The van der Waals surface area contributed by atoms with Crippen molar-refractivity contribution < 1.29 is 76.2 Å². The van der Waals surface area contributed by atoms with Gasteiger partial charge in [-0.05, 0) is 0 Å². The maximum absolute atomic E-state index is 15.0. The van der Waals surface area contributed by atoms with Gasteiger partial charge < -0.3 is 76.2 Å². The van der Waals surface area contributed by atoms with E-state index in [0.717, 1.165) is 0 Å².